The second kappa shape index (κ2) is 14.1. The number of carbonyl (C=O) groups excluding carboxylic acids is 4. The van der Waals surface area contributed by atoms with Crippen molar-refractivity contribution in [3.63, 3.8) is 0 Å². The monoisotopic (exact) mass is 680 g/mol. The Morgan fingerprint density at radius 3 is 2.38 bits per heavy atom. The van der Waals surface area contributed by atoms with Crippen LogP contribution in [0.1, 0.15) is 45.3 Å². The molecule has 1 atom stereocenters. The van der Waals surface area contributed by atoms with Gasteiger partial charge in [-0.25, -0.2) is 9.18 Å². The van der Waals surface area contributed by atoms with Crippen LogP contribution in [0.5, 0.6) is 0 Å². The Bertz CT molecular complexity index is 1910. The fraction of sp³-hybridized carbons (Fsp3) is 0.306. The molecule has 4 heterocycles. The van der Waals surface area contributed by atoms with Gasteiger partial charge in [-0.3, -0.25) is 34.6 Å². The Balaban J connectivity index is 0.907. The summed E-state index contributed by atoms with van der Waals surface area (Å²) in [5, 5.41) is 12.4. The minimum atomic E-state index is -0.722. The molecule has 0 bridgehead atoms. The number of methoxy groups -OCH3 is 1. The van der Waals surface area contributed by atoms with E-state index in [1.165, 1.54) is 18.1 Å². The number of benzene rings is 3. The molecule has 4 aromatic rings. The molecule has 3 aliphatic heterocycles. The van der Waals surface area contributed by atoms with Crippen LogP contribution < -0.4 is 20.4 Å². The number of fused-ring (bicyclic) bond motifs is 1. The molecule has 50 heavy (non-hydrogen) atoms. The lowest BCUT2D eigenvalue weighted by Crippen LogP contribution is -2.49. The number of anilines is 3. The number of hydrogen-bond acceptors (Lipinski definition) is 8. The van der Waals surface area contributed by atoms with Crippen LogP contribution >= 0.6 is 0 Å². The Morgan fingerprint density at radius 1 is 0.940 bits per heavy atom. The van der Waals surface area contributed by atoms with Crippen LogP contribution in [0.2, 0.25) is 0 Å². The maximum atomic E-state index is 15.0. The van der Waals surface area contributed by atoms with Crippen LogP contribution in [0.25, 0.3) is 0 Å². The van der Waals surface area contributed by atoms with E-state index >= 15 is 4.39 Å². The summed E-state index contributed by atoms with van der Waals surface area (Å²) in [5.41, 5.74) is 4.74. The maximum Gasteiger partial charge on any atom is 0.328 e. The molecule has 5 amide bonds. The molecule has 258 valence electrons. The quantitative estimate of drug-likeness (QED) is 0.242. The Hall–Kier alpha value is -5.60. The minimum Gasteiger partial charge on any atom is -0.369 e. The van der Waals surface area contributed by atoms with Crippen molar-refractivity contribution in [3.8, 4) is 0 Å². The van der Waals surface area contributed by atoms with Gasteiger partial charge in [-0.2, -0.15) is 5.10 Å². The van der Waals surface area contributed by atoms with Crippen molar-refractivity contribution in [2.75, 3.05) is 55.0 Å². The maximum absolute atomic E-state index is 15.0. The number of imide groups is 1. The minimum absolute atomic E-state index is 0.164. The highest BCUT2D eigenvalue weighted by Crippen LogP contribution is 2.31. The van der Waals surface area contributed by atoms with Crippen molar-refractivity contribution in [1.29, 1.82) is 0 Å². The smallest absolute Gasteiger partial charge is 0.328 e. The normalized spacial score (nSPS) is 17.0. The number of H-pyrrole nitrogens is 1. The standard InChI is InChI=1S/C36H37FN8O5/c1-50-32(23-5-3-2-4-6-23)35(48)44-21-28-30(22-44)40-41-33(28)39-34(47)24-7-10-26(11-8-24)43-17-15-42(16-18-43)20-25-9-12-27(19-29(25)37)45-14-13-31(46)38-36(45)49/h2-12,19,32H,13-18,20-22H2,1H3,(H,38,46,49)(H2,39,40,41,47)/t32-/m1/s1. The molecule has 3 aromatic carbocycles. The van der Waals surface area contributed by atoms with Crippen molar-refractivity contribution >= 4 is 40.9 Å². The molecule has 0 spiro atoms. The molecule has 3 N–H and O–H groups in total. The summed E-state index contributed by atoms with van der Waals surface area (Å²) < 4.78 is 20.5. The van der Waals surface area contributed by atoms with Gasteiger partial charge >= 0.3 is 6.03 Å². The number of carbonyl (C=O) groups is 4. The molecule has 14 heteroatoms. The molecule has 0 saturated carbocycles. The number of aromatic amines is 1. The molecule has 2 fully saturated rings. The van der Waals surface area contributed by atoms with Crippen LogP contribution in [0.4, 0.5) is 26.4 Å². The molecule has 0 aliphatic carbocycles. The third-order valence-corrected chi connectivity index (χ3v) is 9.42. The SMILES string of the molecule is CO[C@@H](C(=O)N1Cc2[nH]nc(NC(=O)c3ccc(N4CCN(Cc5ccc(N6CCC(=O)NC6=O)cc5F)CC4)cc3)c2C1)c1ccccc1. The molecule has 2 saturated heterocycles. The summed E-state index contributed by atoms with van der Waals surface area (Å²) in [5.74, 6) is -0.794. The number of piperazine rings is 1. The first-order valence-electron chi connectivity index (χ1n) is 16.5. The largest absolute Gasteiger partial charge is 0.369 e. The number of aromatic nitrogens is 2. The van der Waals surface area contributed by atoms with Gasteiger partial charge in [-0.15, -0.1) is 0 Å². The van der Waals surface area contributed by atoms with Crippen LogP contribution in [-0.4, -0.2) is 83.6 Å². The van der Waals surface area contributed by atoms with Crippen molar-refractivity contribution in [1.82, 2.24) is 25.3 Å². The van der Waals surface area contributed by atoms with Crippen LogP contribution in [0, 0.1) is 5.82 Å². The van der Waals surface area contributed by atoms with Crippen molar-refractivity contribution < 1.29 is 28.3 Å². The summed E-state index contributed by atoms with van der Waals surface area (Å²) >= 11 is 0. The summed E-state index contributed by atoms with van der Waals surface area (Å²) in [6, 6.07) is 20.9. The first-order valence-corrected chi connectivity index (χ1v) is 16.5. The van der Waals surface area contributed by atoms with Crippen molar-refractivity contribution in [3.05, 3.63) is 107 Å². The summed E-state index contributed by atoms with van der Waals surface area (Å²) in [6.07, 6.45) is -0.544. The molecule has 0 unspecified atom stereocenters. The molecule has 0 radical (unpaired) electrons. The third-order valence-electron chi connectivity index (χ3n) is 9.42. The van der Waals surface area contributed by atoms with Crippen molar-refractivity contribution in [2.24, 2.45) is 0 Å². The van der Waals surface area contributed by atoms with Gasteiger partial charge in [0, 0.05) is 80.9 Å². The highest BCUT2D eigenvalue weighted by molar-refractivity contribution is 6.06. The van der Waals surface area contributed by atoms with E-state index in [0.29, 0.717) is 42.3 Å². The molecular formula is C36H37FN8O5. The number of ether oxygens (including phenoxy) is 1. The fourth-order valence-electron chi connectivity index (χ4n) is 6.62. The highest BCUT2D eigenvalue weighted by Gasteiger charge is 2.33. The summed E-state index contributed by atoms with van der Waals surface area (Å²) in [7, 11) is 1.51. The van der Waals surface area contributed by atoms with Gasteiger partial charge in [0.2, 0.25) is 5.91 Å². The predicted molar refractivity (Wildman–Crippen MR) is 183 cm³/mol. The number of nitrogens with one attached hydrogen (secondary N) is 3. The van der Waals surface area contributed by atoms with E-state index < -0.39 is 18.0 Å². The summed E-state index contributed by atoms with van der Waals surface area (Å²) in [6.45, 7) is 4.21. The van der Waals surface area contributed by atoms with Gasteiger partial charge in [0.25, 0.3) is 11.8 Å². The number of amides is 5. The van der Waals surface area contributed by atoms with E-state index in [1.807, 2.05) is 42.5 Å². The highest BCUT2D eigenvalue weighted by atomic mass is 19.1. The third kappa shape index (κ3) is 6.80. The average Bonchev–Trinajstić information content (AvgIpc) is 3.72. The first-order chi connectivity index (χ1) is 24.3. The van der Waals surface area contributed by atoms with E-state index in [-0.39, 0.29) is 30.7 Å². The van der Waals surface area contributed by atoms with Crippen LogP contribution in [0.3, 0.4) is 0 Å². The number of hydrogen-bond donors (Lipinski definition) is 3. The van der Waals surface area contributed by atoms with Gasteiger partial charge in [0.05, 0.1) is 18.8 Å². The van der Waals surface area contributed by atoms with Crippen LogP contribution in [-0.2, 0) is 34.0 Å². The second-order valence-electron chi connectivity index (χ2n) is 12.5. The van der Waals surface area contributed by atoms with Gasteiger partial charge in [0.15, 0.2) is 11.9 Å². The zero-order valence-electron chi connectivity index (χ0n) is 27.5. The van der Waals surface area contributed by atoms with Gasteiger partial charge < -0.3 is 19.9 Å². The zero-order valence-corrected chi connectivity index (χ0v) is 27.5. The molecule has 3 aliphatic rings. The average molecular weight is 681 g/mol. The van der Waals surface area contributed by atoms with Gasteiger partial charge in [-0.05, 0) is 42.0 Å². The predicted octanol–water partition coefficient (Wildman–Crippen LogP) is 3.80. The van der Waals surface area contributed by atoms with E-state index in [0.717, 1.165) is 48.7 Å². The fourth-order valence-corrected chi connectivity index (χ4v) is 6.62. The van der Waals surface area contributed by atoms with Crippen LogP contribution in [0.15, 0.2) is 72.8 Å². The van der Waals surface area contributed by atoms with E-state index in [2.05, 4.69) is 30.6 Å². The number of halogens is 1. The van der Waals surface area contributed by atoms with E-state index in [1.54, 1.807) is 29.2 Å². The lowest BCUT2D eigenvalue weighted by molar-refractivity contribution is -0.143. The Labute approximate surface area is 288 Å². The van der Waals surface area contributed by atoms with Gasteiger partial charge in [0.1, 0.15) is 5.82 Å². The summed E-state index contributed by atoms with van der Waals surface area (Å²) in [4.78, 5) is 57.5. The number of nitrogens with zero attached hydrogens (tertiary/aromatic N) is 5. The first kappa shape index (κ1) is 32.9. The number of rotatable bonds is 9. The Morgan fingerprint density at radius 2 is 1.68 bits per heavy atom. The Kier molecular flexibility index (Phi) is 9.28. The van der Waals surface area contributed by atoms with E-state index in [9.17, 15) is 19.2 Å². The number of urea groups is 1. The molecular weight excluding hydrogens is 643 g/mol. The lowest BCUT2D eigenvalue weighted by atomic mass is 10.1. The molecule has 1 aromatic heterocycles. The van der Waals surface area contributed by atoms with E-state index in [4.69, 9.17) is 4.74 Å². The van der Waals surface area contributed by atoms with Gasteiger partial charge in [-0.1, -0.05) is 36.4 Å². The molecule has 13 nitrogen and oxygen atoms in total. The molecule has 7 rings (SSSR count). The van der Waals surface area contributed by atoms with Crippen molar-refractivity contribution in [2.45, 2.75) is 32.2 Å². The zero-order chi connectivity index (χ0) is 34.8. The topological polar surface area (TPSA) is 143 Å². The second-order valence-corrected chi connectivity index (χ2v) is 12.5. The lowest BCUT2D eigenvalue weighted by Gasteiger charge is -2.36.